The molecule has 1 atom stereocenters. The van der Waals surface area contributed by atoms with Gasteiger partial charge in [-0.25, -0.2) is 9.67 Å². The molecule has 1 aromatic heterocycles. The number of amides is 1. The van der Waals surface area contributed by atoms with Gasteiger partial charge >= 0.3 is 0 Å². The predicted molar refractivity (Wildman–Crippen MR) is 105 cm³/mol. The standard InChI is InChI=1S/C20H18ClN5O3/c1-28-14-5-2-12(3-6-14)20-15-10-13(21)4-7-16(15)26-17(11-25(20)8-9-29-20)23-19(24-26)18(22)27/h2-7,10H,8-9,11H2,1H3,(H2,22,27). The fourth-order valence-corrected chi connectivity index (χ4v) is 4.28. The van der Waals surface area contributed by atoms with Gasteiger partial charge in [0, 0.05) is 22.7 Å². The number of nitrogens with zero attached hydrogens (tertiary/aromatic N) is 4. The Morgan fingerprint density at radius 2 is 2.07 bits per heavy atom. The number of hydrogen-bond acceptors (Lipinski definition) is 6. The molecule has 9 heteroatoms. The quantitative estimate of drug-likeness (QED) is 0.709. The van der Waals surface area contributed by atoms with Gasteiger partial charge in [0.2, 0.25) is 5.82 Å². The number of methoxy groups -OCH3 is 1. The first-order valence-electron chi connectivity index (χ1n) is 9.12. The van der Waals surface area contributed by atoms with Gasteiger partial charge in [-0.2, -0.15) is 0 Å². The summed E-state index contributed by atoms with van der Waals surface area (Å²) in [5.74, 6) is 0.691. The van der Waals surface area contributed by atoms with Crippen LogP contribution in [0.5, 0.6) is 5.75 Å². The van der Waals surface area contributed by atoms with E-state index in [2.05, 4.69) is 15.0 Å². The molecule has 29 heavy (non-hydrogen) atoms. The Balaban J connectivity index is 1.78. The molecule has 148 valence electrons. The molecule has 2 aliphatic heterocycles. The highest BCUT2D eigenvalue weighted by Crippen LogP contribution is 2.46. The van der Waals surface area contributed by atoms with Crippen LogP contribution in [0.15, 0.2) is 42.5 Å². The number of benzene rings is 2. The first-order chi connectivity index (χ1) is 14.0. The van der Waals surface area contributed by atoms with Gasteiger partial charge in [-0.05, 0) is 30.3 Å². The van der Waals surface area contributed by atoms with E-state index in [9.17, 15) is 4.79 Å². The van der Waals surface area contributed by atoms with Crippen LogP contribution in [0.1, 0.15) is 27.6 Å². The molecule has 3 heterocycles. The van der Waals surface area contributed by atoms with Crippen molar-refractivity contribution in [1.29, 1.82) is 0 Å². The SMILES string of the molecule is COc1ccc(C23OCCN2Cc2nc(C(N)=O)nn2-c2ccc(Cl)cc23)cc1. The summed E-state index contributed by atoms with van der Waals surface area (Å²) in [4.78, 5) is 18.2. The van der Waals surface area contributed by atoms with E-state index in [-0.39, 0.29) is 5.82 Å². The van der Waals surface area contributed by atoms with E-state index < -0.39 is 11.6 Å². The maximum absolute atomic E-state index is 11.7. The molecule has 1 amide bonds. The summed E-state index contributed by atoms with van der Waals surface area (Å²) in [7, 11) is 1.63. The number of primary amides is 1. The third kappa shape index (κ3) is 2.64. The maximum atomic E-state index is 11.7. The molecule has 0 spiro atoms. The van der Waals surface area contributed by atoms with Gasteiger partial charge in [-0.1, -0.05) is 23.7 Å². The van der Waals surface area contributed by atoms with Crippen LogP contribution in [0.25, 0.3) is 5.69 Å². The molecule has 0 saturated carbocycles. The monoisotopic (exact) mass is 411 g/mol. The lowest BCUT2D eigenvalue weighted by Crippen LogP contribution is -2.42. The Morgan fingerprint density at radius 3 is 2.79 bits per heavy atom. The van der Waals surface area contributed by atoms with Crippen molar-refractivity contribution < 1.29 is 14.3 Å². The van der Waals surface area contributed by atoms with E-state index in [1.54, 1.807) is 17.9 Å². The fraction of sp³-hybridized carbons (Fsp3) is 0.250. The third-order valence-corrected chi connectivity index (χ3v) is 5.61. The van der Waals surface area contributed by atoms with Crippen LogP contribution in [0.3, 0.4) is 0 Å². The minimum absolute atomic E-state index is 0.0158. The van der Waals surface area contributed by atoms with Crippen LogP contribution in [0, 0.1) is 0 Å². The molecule has 3 aromatic rings. The van der Waals surface area contributed by atoms with Crippen molar-refractivity contribution >= 4 is 17.5 Å². The van der Waals surface area contributed by atoms with Gasteiger partial charge in [0.05, 0.1) is 25.9 Å². The summed E-state index contributed by atoms with van der Waals surface area (Å²) < 4.78 is 13.4. The van der Waals surface area contributed by atoms with E-state index in [1.165, 1.54) is 0 Å². The normalized spacial score (nSPS) is 20.5. The molecule has 1 saturated heterocycles. The number of ether oxygens (including phenoxy) is 2. The van der Waals surface area contributed by atoms with Crippen molar-refractivity contribution in [2.24, 2.45) is 5.73 Å². The fourth-order valence-electron chi connectivity index (χ4n) is 4.11. The van der Waals surface area contributed by atoms with Crippen LogP contribution < -0.4 is 10.5 Å². The summed E-state index contributed by atoms with van der Waals surface area (Å²) in [5.41, 5.74) is 7.06. The highest BCUT2D eigenvalue weighted by atomic mass is 35.5. The predicted octanol–water partition coefficient (Wildman–Crippen LogP) is 2.08. The summed E-state index contributed by atoms with van der Waals surface area (Å²) in [6, 6.07) is 13.3. The number of fused-ring (bicyclic) bond motifs is 5. The Kier molecular flexibility index (Phi) is 4.09. The van der Waals surface area contributed by atoms with E-state index in [1.807, 2.05) is 36.4 Å². The Morgan fingerprint density at radius 1 is 1.28 bits per heavy atom. The minimum Gasteiger partial charge on any atom is -0.497 e. The molecular weight excluding hydrogens is 394 g/mol. The molecule has 2 N–H and O–H groups in total. The van der Waals surface area contributed by atoms with Crippen LogP contribution >= 0.6 is 11.6 Å². The summed E-state index contributed by atoms with van der Waals surface area (Å²) >= 11 is 6.39. The van der Waals surface area contributed by atoms with Crippen molar-refractivity contribution in [3.63, 3.8) is 0 Å². The van der Waals surface area contributed by atoms with Gasteiger partial charge in [-0.3, -0.25) is 9.69 Å². The zero-order valence-corrected chi connectivity index (χ0v) is 16.4. The topological polar surface area (TPSA) is 95.5 Å². The molecule has 0 bridgehead atoms. The van der Waals surface area contributed by atoms with Crippen LogP contribution in [0.2, 0.25) is 5.02 Å². The molecule has 1 unspecified atom stereocenters. The Hall–Kier alpha value is -2.94. The second kappa shape index (κ2) is 6.55. The van der Waals surface area contributed by atoms with Crippen LogP contribution in [0.4, 0.5) is 0 Å². The van der Waals surface area contributed by atoms with Gasteiger partial charge in [0.25, 0.3) is 5.91 Å². The lowest BCUT2D eigenvalue weighted by molar-refractivity contribution is -0.0551. The molecule has 0 aliphatic carbocycles. The van der Waals surface area contributed by atoms with Crippen molar-refractivity contribution in [1.82, 2.24) is 19.7 Å². The Bertz CT molecular complexity index is 1110. The lowest BCUT2D eigenvalue weighted by atomic mass is 9.91. The van der Waals surface area contributed by atoms with Gasteiger partial charge in [0.15, 0.2) is 5.72 Å². The van der Waals surface area contributed by atoms with E-state index in [4.69, 9.17) is 26.8 Å². The molecule has 1 fully saturated rings. The zero-order chi connectivity index (χ0) is 20.2. The van der Waals surface area contributed by atoms with Crippen LogP contribution in [-0.4, -0.2) is 45.8 Å². The third-order valence-electron chi connectivity index (χ3n) is 5.38. The molecule has 2 aromatic carbocycles. The smallest absolute Gasteiger partial charge is 0.288 e. The number of halogens is 1. The van der Waals surface area contributed by atoms with Crippen molar-refractivity contribution in [3.05, 3.63) is 70.3 Å². The second-order valence-corrected chi connectivity index (χ2v) is 7.37. The molecule has 0 radical (unpaired) electrons. The lowest BCUT2D eigenvalue weighted by Gasteiger charge is -2.37. The van der Waals surface area contributed by atoms with E-state index >= 15 is 0 Å². The number of rotatable bonds is 3. The largest absolute Gasteiger partial charge is 0.497 e. The summed E-state index contributed by atoms with van der Waals surface area (Å²) in [6.07, 6.45) is 0. The summed E-state index contributed by atoms with van der Waals surface area (Å²) in [6.45, 7) is 1.64. The minimum atomic E-state index is -0.859. The number of carbonyl (C=O) groups is 1. The first-order valence-corrected chi connectivity index (χ1v) is 9.50. The van der Waals surface area contributed by atoms with E-state index in [0.717, 1.165) is 22.6 Å². The van der Waals surface area contributed by atoms with Gasteiger partial charge in [0.1, 0.15) is 11.6 Å². The van der Waals surface area contributed by atoms with Crippen LogP contribution in [-0.2, 0) is 17.0 Å². The number of nitrogens with two attached hydrogens (primary N) is 1. The average Bonchev–Trinajstić information content (AvgIpc) is 3.32. The van der Waals surface area contributed by atoms with Gasteiger partial charge < -0.3 is 15.2 Å². The highest BCUT2D eigenvalue weighted by Gasteiger charge is 2.49. The molecular formula is C20H18ClN5O3. The maximum Gasteiger partial charge on any atom is 0.288 e. The Labute approximate surface area is 171 Å². The average molecular weight is 412 g/mol. The first kappa shape index (κ1) is 18.1. The van der Waals surface area contributed by atoms with Crippen molar-refractivity contribution in [2.45, 2.75) is 12.3 Å². The number of carbonyl (C=O) groups excluding carboxylic acids is 1. The number of hydrogen-bond donors (Lipinski definition) is 1. The number of aromatic nitrogens is 3. The molecule has 5 rings (SSSR count). The van der Waals surface area contributed by atoms with Crippen molar-refractivity contribution in [3.8, 4) is 11.4 Å². The molecule has 8 nitrogen and oxygen atoms in total. The van der Waals surface area contributed by atoms with E-state index in [0.29, 0.717) is 30.5 Å². The second-order valence-electron chi connectivity index (χ2n) is 6.93. The zero-order valence-electron chi connectivity index (χ0n) is 15.6. The molecule has 2 aliphatic rings. The summed E-state index contributed by atoms with van der Waals surface area (Å²) in [5, 5.41) is 4.92. The van der Waals surface area contributed by atoms with Crippen molar-refractivity contribution in [2.75, 3.05) is 20.3 Å². The highest BCUT2D eigenvalue weighted by molar-refractivity contribution is 6.30. The van der Waals surface area contributed by atoms with Gasteiger partial charge in [-0.15, -0.1) is 5.10 Å².